The van der Waals surface area contributed by atoms with E-state index in [0.717, 1.165) is 23.7 Å². The van der Waals surface area contributed by atoms with Crippen LogP contribution >= 0.6 is 0 Å². The minimum atomic E-state index is 0.347. The van der Waals surface area contributed by atoms with Gasteiger partial charge < -0.3 is 4.90 Å². The van der Waals surface area contributed by atoms with Gasteiger partial charge in [0.05, 0.1) is 11.4 Å². The number of hydrogen-bond acceptors (Lipinski definition) is 3. The molecule has 4 nitrogen and oxygen atoms in total. The average Bonchev–Trinajstić information content (AvgIpc) is 3.16. The Morgan fingerprint density at radius 1 is 1.13 bits per heavy atom. The quantitative estimate of drug-likeness (QED) is 0.842. The topological polar surface area (TPSA) is 34.0 Å². The lowest BCUT2D eigenvalue weighted by Crippen LogP contribution is -2.28. The molecule has 0 N–H and O–H groups in total. The molecule has 0 aliphatic carbocycles. The van der Waals surface area contributed by atoms with Gasteiger partial charge in [-0.2, -0.15) is 5.10 Å². The number of rotatable bonds is 5. The van der Waals surface area contributed by atoms with Crippen LogP contribution in [0.4, 0.5) is 0 Å². The van der Waals surface area contributed by atoms with Crippen molar-refractivity contribution in [1.29, 1.82) is 0 Å². The summed E-state index contributed by atoms with van der Waals surface area (Å²) >= 11 is 0. The zero-order chi connectivity index (χ0) is 16.4. The largest absolute Gasteiger partial charge is 0.301 e. The van der Waals surface area contributed by atoms with Crippen LogP contribution in [0.2, 0.25) is 0 Å². The molecule has 0 spiro atoms. The van der Waals surface area contributed by atoms with Crippen LogP contribution in [0.5, 0.6) is 0 Å². The van der Waals surface area contributed by atoms with Crippen molar-refractivity contribution in [3.05, 3.63) is 36.2 Å². The van der Waals surface area contributed by atoms with E-state index in [-0.39, 0.29) is 0 Å². The second kappa shape index (κ2) is 6.83. The highest BCUT2D eigenvalue weighted by atomic mass is 15.3. The summed E-state index contributed by atoms with van der Waals surface area (Å²) < 4.78 is 2.04. The Balaban J connectivity index is 1.74. The van der Waals surface area contributed by atoms with Gasteiger partial charge >= 0.3 is 0 Å². The van der Waals surface area contributed by atoms with E-state index >= 15 is 0 Å². The average molecular weight is 312 g/mol. The molecule has 0 bridgehead atoms. The highest BCUT2D eigenvalue weighted by Crippen LogP contribution is 2.25. The van der Waals surface area contributed by atoms with E-state index in [9.17, 15) is 0 Å². The molecule has 4 heteroatoms. The summed E-state index contributed by atoms with van der Waals surface area (Å²) in [5.41, 5.74) is 3.53. The molecule has 2 aromatic heterocycles. The van der Waals surface area contributed by atoms with Crippen LogP contribution < -0.4 is 0 Å². The first-order valence-electron chi connectivity index (χ1n) is 8.77. The van der Waals surface area contributed by atoms with E-state index in [2.05, 4.69) is 60.9 Å². The highest BCUT2D eigenvalue weighted by molar-refractivity contribution is 5.55. The fourth-order valence-electron chi connectivity index (χ4n) is 3.50. The molecule has 0 saturated carbocycles. The van der Waals surface area contributed by atoms with Crippen LogP contribution in [0, 0.1) is 5.92 Å². The Hall–Kier alpha value is -1.68. The Bertz CT molecular complexity index is 644. The first-order valence-corrected chi connectivity index (χ1v) is 8.77. The minimum Gasteiger partial charge on any atom is -0.301 e. The first kappa shape index (κ1) is 16.2. The molecule has 2 aromatic rings. The maximum atomic E-state index is 4.57. The zero-order valence-corrected chi connectivity index (χ0v) is 14.7. The van der Waals surface area contributed by atoms with E-state index in [0.29, 0.717) is 12.1 Å². The van der Waals surface area contributed by atoms with Crippen LogP contribution in [-0.2, 0) is 6.42 Å². The van der Waals surface area contributed by atoms with Crippen molar-refractivity contribution in [2.24, 2.45) is 5.92 Å². The summed E-state index contributed by atoms with van der Waals surface area (Å²) in [7, 11) is 0. The van der Waals surface area contributed by atoms with Crippen molar-refractivity contribution in [3.8, 4) is 11.4 Å². The summed E-state index contributed by atoms with van der Waals surface area (Å²) in [6.45, 7) is 11.3. The Morgan fingerprint density at radius 2 is 1.96 bits per heavy atom. The van der Waals surface area contributed by atoms with Crippen molar-refractivity contribution >= 4 is 0 Å². The fraction of sp³-hybridized carbons (Fsp3) is 0.579. The highest BCUT2D eigenvalue weighted by Gasteiger charge is 2.24. The van der Waals surface area contributed by atoms with Gasteiger partial charge in [-0.15, -0.1) is 0 Å². The van der Waals surface area contributed by atoms with Crippen LogP contribution in [0.1, 0.15) is 45.7 Å². The van der Waals surface area contributed by atoms with Crippen molar-refractivity contribution in [3.63, 3.8) is 0 Å². The monoisotopic (exact) mass is 312 g/mol. The zero-order valence-electron chi connectivity index (χ0n) is 14.7. The molecule has 1 aliphatic rings. The van der Waals surface area contributed by atoms with Crippen molar-refractivity contribution in [2.75, 3.05) is 13.1 Å². The van der Waals surface area contributed by atoms with Crippen LogP contribution in [0.25, 0.3) is 11.4 Å². The summed E-state index contributed by atoms with van der Waals surface area (Å²) in [6.07, 6.45) is 6.26. The molecule has 1 fully saturated rings. The summed E-state index contributed by atoms with van der Waals surface area (Å²) in [6, 6.07) is 7.47. The normalized spacial score (nSPS) is 19.1. The molecule has 1 saturated heterocycles. The molecule has 124 valence electrons. The Labute approximate surface area is 139 Å². The second-order valence-electron chi connectivity index (χ2n) is 7.25. The predicted octanol–water partition coefficient (Wildman–Crippen LogP) is 3.80. The van der Waals surface area contributed by atoms with Crippen LogP contribution in [0.3, 0.4) is 0 Å². The standard InChI is InChI=1S/C19H28N4/c1-14(2)22-10-7-17(13-22)11-16-5-8-20-18(12-16)19-6-9-21-23(19)15(3)4/h5-6,8-9,12,14-15,17H,7,10-11,13H2,1-4H3/t17-/m0/s1. The van der Waals surface area contributed by atoms with Crippen LogP contribution in [-0.4, -0.2) is 38.8 Å². The van der Waals surface area contributed by atoms with E-state index in [1.807, 2.05) is 17.1 Å². The summed E-state index contributed by atoms with van der Waals surface area (Å²) in [5, 5.41) is 4.42. The van der Waals surface area contributed by atoms with Gasteiger partial charge in [0.1, 0.15) is 0 Å². The van der Waals surface area contributed by atoms with Crippen molar-refractivity contribution < 1.29 is 0 Å². The molecule has 0 unspecified atom stereocenters. The third kappa shape index (κ3) is 3.63. The Morgan fingerprint density at radius 3 is 2.65 bits per heavy atom. The SMILES string of the molecule is CC(C)N1CC[C@@H](Cc2ccnc(-c3ccnn3C(C)C)c2)C1. The van der Waals surface area contributed by atoms with Gasteiger partial charge in [0.2, 0.25) is 0 Å². The molecular weight excluding hydrogens is 284 g/mol. The first-order chi connectivity index (χ1) is 11.0. The van der Waals surface area contributed by atoms with E-state index in [1.54, 1.807) is 0 Å². The molecule has 23 heavy (non-hydrogen) atoms. The van der Waals surface area contributed by atoms with Gasteiger partial charge in [0.15, 0.2) is 0 Å². The van der Waals surface area contributed by atoms with Crippen LogP contribution in [0.15, 0.2) is 30.6 Å². The summed E-state index contributed by atoms with van der Waals surface area (Å²) in [5.74, 6) is 0.766. The van der Waals surface area contributed by atoms with Gasteiger partial charge in [-0.25, -0.2) is 0 Å². The minimum absolute atomic E-state index is 0.347. The third-order valence-corrected chi connectivity index (χ3v) is 4.82. The number of pyridine rings is 1. The van der Waals surface area contributed by atoms with E-state index < -0.39 is 0 Å². The lowest BCUT2D eigenvalue weighted by atomic mass is 9.98. The van der Waals surface area contributed by atoms with Gasteiger partial charge in [-0.3, -0.25) is 9.67 Å². The van der Waals surface area contributed by atoms with E-state index in [1.165, 1.54) is 25.1 Å². The number of nitrogens with zero attached hydrogens (tertiary/aromatic N) is 4. The second-order valence-corrected chi connectivity index (χ2v) is 7.25. The Kier molecular flexibility index (Phi) is 4.81. The lowest BCUT2D eigenvalue weighted by Gasteiger charge is -2.20. The molecule has 3 rings (SSSR count). The molecule has 0 amide bonds. The third-order valence-electron chi connectivity index (χ3n) is 4.82. The maximum Gasteiger partial charge on any atom is 0.0885 e. The molecule has 3 heterocycles. The maximum absolute atomic E-state index is 4.57. The smallest absolute Gasteiger partial charge is 0.0885 e. The van der Waals surface area contributed by atoms with Gasteiger partial charge in [0, 0.05) is 31.0 Å². The fourth-order valence-corrected chi connectivity index (χ4v) is 3.50. The van der Waals surface area contributed by atoms with Gasteiger partial charge in [-0.1, -0.05) is 0 Å². The van der Waals surface area contributed by atoms with Crippen molar-refractivity contribution in [2.45, 2.75) is 52.6 Å². The molecule has 0 aromatic carbocycles. The number of likely N-dealkylation sites (tertiary alicyclic amines) is 1. The van der Waals surface area contributed by atoms with Gasteiger partial charge in [-0.05, 0) is 76.8 Å². The number of hydrogen-bond donors (Lipinski definition) is 0. The molecular formula is C19H28N4. The molecule has 1 atom stereocenters. The molecule has 1 aliphatic heterocycles. The van der Waals surface area contributed by atoms with Gasteiger partial charge in [0.25, 0.3) is 0 Å². The van der Waals surface area contributed by atoms with E-state index in [4.69, 9.17) is 0 Å². The lowest BCUT2D eigenvalue weighted by molar-refractivity contribution is 0.265. The summed E-state index contributed by atoms with van der Waals surface area (Å²) in [4.78, 5) is 7.16. The number of aromatic nitrogens is 3. The molecule has 0 radical (unpaired) electrons. The van der Waals surface area contributed by atoms with Crippen molar-refractivity contribution in [1.82, 2.24) is 19.7 Å². The predicted molar refractivity (Wildman–Crippen MR) is 94.4 cm³/mol.